The lowest BCUT2D eigenvalue weighted by Crippen LogP contribution is -2.49. The molecule has 1 aromatic carbocycles. The quantitative estimate of drug-likeness (QED) is 0.223. The highest BCUT2D eigenvalue weighted by molar-refractivity contribution is 6.31. The van der Waals surface area contributed by atoms with Crippen LogP contribution in [0.25, 0.3) is 17.1 Å². The van der Waals surface area contributed by atoms with Crippen LogP contribution < -0.4 is 0 Å². The molecule has 0 aliphatic carbocycles. The van der Waals surface area contributed by atoms with Gasteiger partial charge in [0.15, 0.2) is 0 Å². The fourth-order valence-corrected chi connectivity index (χ4v) is 4.27. The van der Waals surface area contributed by atoms with Crippen LogP contribution in [0.4, 0.5) is 4.39 Å². The third-order valence-electron chi connectivity index (χ3n) is 6.07. The summed E-state index contributed by atoms with van der Waals surface area (Å²) in [5.74, 6) is -1.04. The standard InChI is InChI=1S/C31H33ClFN3O3/c1-3-9-24(32)12-8-15-27-26(14-5-6-16-30(37)38)35-29-19-23(17-18-28(29)34-27)31(39)36-20-22(21-36)11-7-13-25(33)10-4-2/h3-4,7-13,15,17-19,22H,5-6,14,16,20-21H2,1-2H3,(H,37,38)/b9-3-,10-4-,11-7+,15-8+,24-12+,25-13+. The first-order valence-electron chi connectivity index (χ1n) is 13.0. The zero-order valence-electron chi connectivity index (χ0n) is 22.2. The Balaban J connectivity index is 1.77. The van der Waals surface area contributed by atoms with E-state index >= 15 is 0 Å². The van der Waals surface area contributed by atoms with Gasteiger partial charge in [0, 0.05) is 36.0 Å². The predicted octanol–water partition coefficient (Wildman–Crippen LogP) is 7.20. The van der Waals surface area contributed by atoms with Crippen LogP contribution in [0.5, 0.6) is 0 Å². The summed E-state index contributed by atoms with van der Waals surface area (Å²) in [5.41, 5.74) is 3.20. The lowest BCUT2D eigenvalue weighted by molar-refractivity contribution is -0.137. The number of rotatable bonds is 12. The summed E-state index contributed by atoms with van der Waals surface area (Å²) < 4.78 is 13.4. The molecule has 3 rings (SSSR count). The van der Waals surface area contributed by atoms with E-state index in [0.29, 0.717) is 59.7 Å². The Morgan fingerprint density at radius 2 is 1.85 bits per heavy atom. The summed E-state index contributed by atoms with van der Waals surface area (Å²) in [4.78, 5) is 35.3. The van der Waals surface area contributed by atoms with Gasteiger partial charge >= 0.3 is 5.97 Å². The molecule has 1 aromatic heterocycles. The number of likely N-dealkylation sites (tertiary alicyclic amines) is 1. The van der Waals surface area contributed by atoms with E-state index in [4.69, 9.17) is 26.7 Å². The van der Waals surface area contributed by atoms with Crippen molar-refractivity contribution in [3.8, 4) is 0 Å². The molecule has 0 unspecified atom stereocenters. The third-order valence-corrected chi connectivity index (χ3v) is 6.32. The molecule has 0 atom stereocenters. The number of benzene rings is 1. The maximum Gasteiger partial charge on any atom is 0.303 e. The van der Waals surface area contributed by atoms with Crippen molar-refractivity contribution in [1.29, 1.82) is 0 Å². The van der Waals surface area contributed by atoms with Crippen molar-refractivity contribution < 1.29 is 19.1 Å². The van der Waals surface area contributed by atoms with Gasteiger partial charge < -0.3 is 10.0 Å². The second kappa shape index (κ2) is 14.9. The van der Waals surface area contributed by atoms with Crippen LogP contribution in [0.2, 0.25) is 0 Å². The fraction of sp³-hybridized carbons (Fsp3) is 0.290. The maximum atomic E-state index is 13.4. The van der Waals surface area contributed by atoms with Crippen molar-refractivity contribution in [2.75, 3.05) is 13.1 Å². The Morgan fingerprint density at radius 1 is 1.08 bits per heavy atom. The van der Waals surface area contributed by atoms with Gasteiger partial charge in [-0.05, 0) is 81.7 Å². The van der Waals surface area contributed by atoms with E-state index < -0.39 is 5.97 Å². The number of fused-ring (bicyclic) bond motifs is 1. The Labute approximate surface area is 233 Å². The Morgan fingerprint density at radius 3 is 2.56 bits per heavy atom. The van der Waals surface area contributed by atoms with Crippen molar-refractivity contribution in [2.24, 2.45) is 5.92 Å². The molecule has 1 aliphatic heterocycles. The van der Waals surface area contributed by atoms with Gasteiger partial charge in [-0.25, -0.2) is 14.4 Å². The lowest BCUT2D eigenvalue weighted by atomic mass is 9.98. The molecule has 1 N–H and O–H groups in total. The number of aromatic nitrogens is 2. The molecule has 39 heavy (non-hydrogen) atoms. The van der Waals surface area contributed by atoms with E-state index in [9.17, 15) is 14.0 Å². The molecule has 2 heterocycles. The lowest BCUT2D eigenvalue weighted by Gasteiger charge is -2.37. The number of halogens is 2. The molecule has 204 valence electrons. The van der Waals surface area contributed by atoms with E-state index in [1.165, 1.54) is 12.2 Å². The van der Waals surface area contributed by atoms with Crippen LogP contribution in [-0.4, -0.2) is 44.9 Å². The molecule has 1 amide bonds. The smallest absolute Gasteiger partial charge is 0.303 e. The summed E-state index contributed by atoms with van der Waals surface area (Å²) in [6, 6.07) is 5.29. The van der Waals surface area contributed by atoms with Crippen molar-refractivity contribution in [3.63, 3.8) is 0 Å². The summed E-state index contributed by atoms with van der Waals surface area (Å²) in [6.07, 6.45) is 18.9. The summed E-state index contributed by atoms with van der Waals surface area (Å²) in [6.45, 7) is 4.78. The molecule has 1 saturated heterocycles. The number of unbranched alkanes of at least 4 members (excludes halogenated alkanes) is 1. The van der Waals surface area contributed by atoms with Crippen LogP contribution in [0.15, 0.2) is 83.7 Å². The number of carboxylic acids is 1. The van der Waals surface area contributed by atoms with Crippen molar-refractivity contribution in [3.05, 3.63) is 101 Å². The number of hydrogen-bond donors (Lipinski definition) is 1. The minimum Gasteiger partial charge on any atom is -0.481 e. The minimum atomic E-state index is -0.826. The molecule has 0 spiro atoms. The van der Waals surface area contributed by atoms with Crippen LogP contribution in [-0.2, 0) is 11.2 Å². The van der Waals surface area contributed by atoms with Gasteiger partial charge in [0.05, 0.1) is 22.4 Å². The van der Waals surface area contributed by atoms with E-state index in [-0.39, 0.29) is 24.1 Å². The van der Waals surface area contributed by atoms with Crippen molar-refractivity contribution in [2.45, 2.75) is 39.5 Å². The number of nitrogens with zero attached hydrogens (tertiary/aromatic N) is 3. The van der Waals surface area contributed by atoms with E-state index in [0.717, 1.165) is 5.69 Å². The van der Waals surface area contributed by atoms with Crippen LogP contribution in [0, 0.1) is 5.92 Å². The van der Waals surface area contributed by atoms with Crippen LogP contribution >= 0.6 is 11.6 Å². The van der Waals surface area contributed by atoms with Crippen molar-refractivity contribution >= 4 is 40.6 Å². The van der Waals surface area contributed by atoms with Crippen molar-refractivity contribution in [1.82, 2.24) is 14.9 Å². The molecule has 6 nitrogen and oxygen atoms in total. The third kappa shape index (κ3) is 9.14. The average molecular weight is 550 g/mol. The topological polar surface area (TPSA) is 83.4 Å². The Hall–Kier alpha value is -3.84. The molecule has 8 heteroatoms. The monoisotopic (exact) mass is 549 g/mol. The number of carbonyl (C=O) groups is 2. The van der Waals surface area contributed by atoms with E-state index in [1.807, 2.05) is 25.2 Å². The normalized spacial score (nSPS) is 15.4. The average Bonchev–Trinajstić information content (AvgIpc) is 2.87. The van der Waals surface area contributed by atoms with Gasteiger partial charge in [0.2, 0.25) is 0 Å². The first-order valence-corrected chi connectivity index (χ1v) is 13.3. The summed E-state index contributed by atoms with van der Waals surface area (Å²) >= 11 is 6.13. The largest absolute Gasteiger partial charge is 0.481 e. The highest BCUT2D eigenvalue weighted by atomic mass is 35.5. The van der Waals surface area contributed by atoms with Gasteiger partial charge in [-0.15, -0.1) is 0 Å². The fourth-order valence-electron chi connectivity index (χ4n) is 4.07. The zero-order chi connectivity index (χ0) is 28.2. The number of allylic oxidation sites excluding steroid dienone is 10. The van der Waals surface area contributed by atoms with Gasteiger partial charge in [-0.2, -0.15) is 0 Å². The molecular weight excluding hydrogens is 517 g/mol. The maximum absolute atomic E-state index is 13.4. The number of aryl methyl sites for hydroxylation is 1. The SMILES string of the molecule is C\C=C/C(F)=C\C=C\C1CN(C(=O)c2ccc3nc(/C=C/C=C(Cl)\C=C/C)c(CCCCC(=O)O)nc3c2)C1. The summed E-state index contributed by atoms with van der Waals surface area (Å²) in [7, 11) is 0. The second-order valence-electron chi connectivity index (χ2n) is 9.18. The van der Waals surface area contributed by atoms with Gasteiger partial charge in [-0.1, -0.05) is 42.0 Å². The second-order valence-corrected chi connectivity index (χ2v) is 9.61. The van der Waals surface area contributed by atoms with E-state index in [2.05, 4.69) is 0 Å². The number of carboxylic acid groups (broad SMARTS) is 1. The number of carbonyl (C=O) groups excluding carboxylic acids is 1. The van der Waals surface area contributed by atoms with E-state index in [1.54, 1.807) is 60.4 Å². The van der Waals surface area contributed by atoms with Gasteiger partial charge in [0.25, 0.3) is 5.91 Å². The predicted molar refractivity (Wildman–Crippen MR) is 155 cm³/mol. The summed E-state index contributed by atoms with van der Waals surface area (Å²) in [5, 5.41) is 9.53. The number of hydrogen-bond acceptors (Lipinski definition) is 4. The number of amides is 1. The highest BCUT2D eigenvalue weighted by Crippen LogP contribution is 2.23. The highest BCUT2D eigenvalue weighted by Gasteiger charge is 2.29. The zero-order valence-corrected chi connectivity index (χ0v) is 22.9. The number of aliphatic carboxylic acids is 1. The Bertz CT molecular complexity index is 1370. The molecular formula is C31H33ClFN3O3. The first-order chi connectivity index (χ1) is 18.8. The molecule has 1 aliphatic rings. The molecule has 0 radical (unpaired) electrons. The van der Waals surface area contributed by atoms with Crippen LogP contribution in [0.3, 0.4) is 0 Å². The van der Waals surface area contributed by atoms with Gasteiger partial charge in [-0.3, -0.25) is 9.59 Å². The molecule has 0 saturated carbocycles. The molecule has 1 fully saturated rings. The molecule has 0 bridgehead atoms. The first kappa shape index (κ1) is 29.7. The minimum absolute atomic E-state index is 0.0882. The van der Waals surface area contributed by atoms with Crippen LogP contribution in [0.1, 0.15) is 54.9 Å². The Kier molecular flexibility index (Phi) is 11.4. The molecule has 2 aromatic rings. The van der Waals surface area contributed by atoms with Gasteiger partial charge in [0.1, 0.15) is 5.83 Å².